The molecule has 0 atom stereocenters. The van der Waals surface area contributed by atoms with Crippen LogP contribution < -0.4 is 5.32 Å². The fourth-order valence-corrected chi connectivity index (χ4v) is 2.18. The zero-order valence-electron chi connectivity index (χ0n) is 12.1. The molecule has 2 rings (SSSR count). The Labute approximate surface area is 125 Å². The lowest BCUT2D eigenvalue weighted by molar-refractivity contribution is -0.121. The maximum Gasteiger partial charge on any atom is 0.220 e. The van der Waals surface area contributed by atoms with E-state index in [1.807, 2.05) is 24.3 Å². The van der Waals surface area contributed by atoms with Crippen LogP contribution in [0.2, 0.25) is 0 Å². The van der Waals surface area contributed by atoms with Gasteiger partial charge in [-0.15, -0.1) is 0 Å². The molecule has 0 fully saturated rings. The lowest BCUT2D eigenvalue weighted by atomic mass is 10.0. The molecule has 2 aromatic carbocycles. The topological polar surface area (TPSA) is 52.9 Å². The molecule has 0 saturated carbocycles. The molecule has 0 bridgehead atoms. The molecule has 0 unspecified atom stereocenters. The van der Waals surface area contributed by atoms with Crippen molar-refractivity contribution in [3.8, 4) is 6.07 Å². The summed E-state index contributed by atoms with van der Waals surface area (Å²) in [6.07, 6.45) is 1.22. The van der Waals surface area contributed by atoms with Crippen LogP contribution in [0.25, 0.3) is 0 Å². The summed E-state index contributed by atoms with van der Waals surface area (Å²) in [6.45, 7) is 2.52. The van der Waals surface area contributed by atoms with Crippen LogP contribution in [0, 0.1) is 18.3 Å². The first kappa shape index (κ1) is 14.8. The summed E-state index contributed by atoms with van der Waals surface area (Å²) >= 11 is 0. The largest absolute Gasteiger partial charge is 0.352 e. The van der Waals surface area contributed by atoms with Gasteiger partial charge in [-0.2, -0.15) is 5.26 Å². The molecule has 0 aliphatic carbocycles. The van der Waals surface area contributed by atoms with Crippen molar-refractivity contribution >= 4 is 5.91 Å². The van der Waals surface area contributed by atoms with Gasteiger partial charge in [0.1, 0.15) is 0 Å². The summed E-state index contributed by atoms with van der Waals surface area (Å²) in [5, 5.41) is 11.7. The summed E-state index contributed by atoms with van der Waals surface area (Å²) in [6, 6.07) is 17.5. The summed E-state index contributed by atoms with van der Waals surface area (Å²) in [4.78, 5) is 11.9. The highest BCUT2D eigenvalue weighted by atomic mass is 16.1. The van der Waals surface area contributed by atoms with Gasteiger partial charge in [-0.3, -0.25) is 4.79 Å². The second-order valence-corrected chi connectivity index (χ2v) is 5.02. The predicted octanol–water partition coefficient (Wildman–Crippen LogP) is 3.12. The van der Waals surface area contributed by atoms with E-state index in [9.17, 15) is 4.79 Å². The number of carbonyl (C=O) groups is 1. The third-order valence-electron chi connectivity index (χ3n) is 3.43. The van der Waals surface area contributed by atoms with Crippen molar-refractivity contribution < 1.29 is 4.79 Å². The molecule has 0 spiro atoms. The molecule has 21 heavy (non-hydrogen) atoms. The minimum absolute atomic E-state index is 0.0283. The molecule has 3 nitrogen and oxygen atoms in total. The van der Waals surface area contributed by atoms with Crippen molar-refractivity contribution in [2.45, 2.75) is 26.3 Å². The van der Waals surface area contributed by atoms with Crippen LogP contribution in [0.5, 0.6) is 0 Å². The average Bonchev–Trinajstić information content (AvgIpc) is 2.52. The van der Waals surface area contributed by atoms with Crippen molar-refractivity contribution in [2.24, 2.45) is 0 Å². The standard InChI is InChI=1S/C18H18N2O/c1-14-5-2-3-8-17(14)9-10-18(21)20-13-16-7-4-6-15(11-16)12-19/h2-8,11H,9-10,13H2,1H3,(H,20,21). The number of rotatable bonds is 5. The van der Waals surface area contributed by atoms with Crippen LogP contribution in [-0.4, -0.2) is 5.91 Å². The molecule has 2 aromatic rings. The Morgan fingerprint density at radius 2 is 2.00 bits per heavy atom. The predicted molar refractivity (Wildman–Crippen MR) is 82.5 cm³/mol. The molecule has 0 saturated heterocycles. The fraction of sp³-hybridized carbons (Fsp3) is 0.222. The Bertz CT molecular complexity index is 671. The monoisotopic (exact) mass is 278 g/mol. The zero-order chi connectivity index (χ0) is 15.1. The number of amides is 1. The summed E-state index contributed by atoms with van der Waals surface area (Å²) in [5.41, 5.74) is 3.98. The quantitative estimate of drug-likeness (QED) is 0.913. The van der Waals surface area contributed by atoms with Gasteiger partial charge in [0.15, 0.2) is 0 Å². The van der Waals surface area contributed by atoms with E-state index >= 15 is 0 Å². The van der Waals surface area contributed by atoms with Gasteiger partial charge < -0.3 is 5.32 Å². The average molecular weight is 278 g/mol. The lowest BCUT2D eigenvalue weighted by Crippen LogP contribution is -2.23. The van der Waals surface area contributed by atoms with Crippen molar-refractivity contribution in [1.29, 1.82) is 5.26 Å². The first-order chi connectivity index (χ1) is 10.2. The molecule has 0 aliphatic heterocycles. The summed E-state index contributed by atoms with van der Waals surface area (Å²) in [7, 11) is 0. The lowest BCUT2D eigenvalue weighted by Gasteiger charge is -2.07. The van der Waals surface area contributed by atoms with E-state index in [1.54, 1.807) is 12.1 Å². The van der Waals surface area contributed by atoms with Gasteiger partial charge in [0.2, 0.25) is 5.91 Å². The van der Waals surface area contributed by atoms with E-state index in [1.165, 1.54) is 11.1 Å². The van der Waals surface area contributed by atoms with Gasteiger partial charge >= 0.3 is 0 Å². The second kappa shape index (κ2) is 7.25. The SMILES string of the molecule is Cc1ccccc1CCC(=O)NCc1cccc(C#N)c1. The zero-order valence-corrected chi connectivity index (χ0v) is 12.1. The Kier molecular flexibility index (Phi) is 5.11. The third kappa shape index (κ3) is 4.47. The Balaban J connectivity index is 1.82. The number of hydrogen-bond acceptors (Lipinski definition) is 2. The van der Waals surface area contributed by atoms with Gasteiger partial charge in [0.25, 0.3) is 0 Å². The van der Waals surface area contributed by atoms with E-state index in [2.05, 4.69) is 30.4 Å². The highest BCUT2D eigenvalue weighted by Gasteiger charge is 2.04. The highest BCUT2D eigenvalue weighted by molar-refractivity contribution is 5.76. The summed E-state index contributed by atoms with van der Waals surface area (Å²) in [5.74, 6) is 0.0283. The second-order valence-electron chi connectivity index (χ2n) is 5.02. The van der Waals surface area contributed by atoms with Crippen molar-refractivity contribution in [3.05, 3.63) is 70.8 Å². The van der Waals surface area contributed by atoms with Crippen molar-refractivity contribution in [3.63, 3.8) is 0 Å². The van der Waals surface area contributed by atoms with Gasteiger partial charge in [-0.25, -0.2) is 0 Å². The normalized spacial score (nSPS) is 9.90. The molecule has 1 amide bonds. The van der Waals surface area contributed by atoms with Crippen LogP contribution in [0.15, 0.2) is 48.5 Å². The minimum Gasteiger partial charge on any atom is -0.352 e. The Morgan fingerprint density at radius 3 is 2.76 bits per heavy atom. The van der Waals surface area contributed by atoms with Crippen molar-refractivity contribution in [1.82, 2.24) is 5.32 Å². The Morgan fingerprint density at radius 1 is 1.19 bits per heavy atom. The molecule has 3 heteroatoms. The number of nitrogens with zero attached hydrogens (tertiary/aromatic N) is 1. The van der Waals surface area contributed by atoms with Gasteiger partial charge in [-0.1, -0.05) is 36.4 Å². The fourth-order valence-electron chi connectivity index (χ4n) is 2.18. The van der Waals surface area contributed by atoms with Crippen LogP contribution in [0.3, 0.4) is 0 Å². The molecule has 0 aliphatic rings. The van der Waals surface area contributed by atoms with E-state index in [4.69, 9.17) is 5.26 Å². The van der Waals surface area contributed by atoms with Gasteiger partial charge in [0.05, 0.1) is 11.6 Å². The van der Waals surface area contributed by atoms with Crippen LogP contribution in [0.4, 0.5) is 0 Å². The number of carbonyl (C=O) groups excluding carboxylic acids is 1. The molecule has 106 valence electrons. The van der Waals surface area contributed by atoms with Gasteiger partial charge in [0, 0.05) is 13.0 Å². The molecular weight excluding hydrogens is 260 g/mol. The molecular formula is C18H18N2O. The number of nitriles is 1. The third-order valence-corrected chi connectivity index (χ3v) is 3.43. The van der Waals surface area contributed by atoms with Crippen LogP contribution >= 0.6 is 0 Å². The Hall–Kier alpha value is -2.60. The first-order valence-corrected chi connectivity index (χ1v) is 6.99. The van der Waals surface area contributed by atoms with E-state index in [-0.39, 0.29) is 5.91 Å². The van der Waals surface area contributed by atoms with Gasteiger partial charge in [-0.05, 0) is 42.2 Å². The number of nitrogens with one attached hydrogen (secondary N) is 1. The van der Waals surface area contributed by atoms with Crippen LogP contribution in [-0.2, 0) is 17.8 Å². The smallest absolute Gasteiger partial charge is 0.220 e. The summed E-state index contributed by atoms with van der Waals surface area (Å²) < 4.78 is 0. The van der Waals surface area contributed by atoms with E-state index < -0.39 is 0 Å². The maximum atomic E-state index is 11.9. The molecule has 0 radical (unpaired) electrons. The maximum absolute atomic E-state index is 11.9. The number of benzene rings is 2. The molecule has 0 aromatic heterocycles. The molecule has 0 heterocycles. The molecule has 1 N–H and O–H groups in total. The van der Waals surface area contributed by atoms with Crippen LogP contribution in [0.1, 0.15) is 28.7 Å². The highest BCUT2D eigenvalue weighted by Crippen LogP contribution is 2.09. The minimum atomic E-state index is 0.0283. The van der Waals surface area contributed by atoms with Crippen molar-refractivity contribution in [2.75, 3.05) is 0 Å². The van der Waals surface area contributed by atoms with E-state index in [0.717, 1.165) is 12.0 Å². The number of hydrogen-bond donors (Lipinski definition) is 1. The van der Waals surface area contributed by atoms with E-state index in [0.29, 0.717) is 18.5 Å². The first-order valence-electron chi connectivity index (χ1n) is 6.99. The number of aryl methyl sites for hydroxylation is 2.